The summed E-state index contributed by atoms with van der Waals surface area (Å²) >= 11 is 0. The maximum atomic E-state index is 12.1. The van der Waals surface area contributed by atoms with Crippen LogP contribution in [0.4, 0.5) is 0 Å². The van der Waals surface area contributed by atoms with E-state index in [9.17, 15) is 4.79 Å². The number of aromatic amines is 1. The van der Waals surface area contributed by atoms with Crippen molar-refractivity contribution in [3.05, 3.63) is 11.6 Å². The minimum Gasteiger partial charge on any atom is -0.333 e. The number of carbonyl (C=O) groups is 1. The summed E-state index contributed by atoms with van der Waals surface area (Å²) in [5.74, 6) is 1.68. The standard InChI is InChI=1S/C11H17N5O/c1-15-4-6-16(7-5-15)11(17)10-12-9(13-14-10)8-2-3-8/h8H,2-7H2,1H3,(H,12,13,14). The molecule has 2 aliphatic rings. The van der Waals surface area contributed by atoms with Crippen LogP contribution in [0.3, 0.4) is 0 Å². The molecular weight excluding hydrogens is 218 g/mol. The SMILES string of the molecule is CN1CCN(C(=O)c2n[nH]c(C3CC3)n2)CC1. The van der Waals surface area contributed by atoms with E-state index in [1.54, 1.807) is 0 Å². The van der Waals surface area contributed by atoms with Crippen LogP contribution in [-0.2, 0) is 0 Å². The van der Waals surface area contributed by atoms with Crippen molar-refractivity contribution in [2.75, 3.05) is 33.2 Å². The van der Waals surface area contributed by atoms with Crippen molar-refractivity contribution in [2.45, 2.75) is 18.8 Å². The summed E-state index contributed by atoms with van der Waals surface area (Å²) in [6, 6.07) is 0. The van der Waals surface area contributed by atoms with Gasteiger partial charge < -0.3 is 9.80 Å². The molecule has 0 atom stereocenters. The summed E-state index contributed by atoms with van der Waals surface area (Å²) in [5.41, 5.74) is 0. The number of aromatic nitrogens is 3. The van der Waals surface area contributed by atoms with Crippen LogP contribution in [0.1, 0.15) is 35.2 Å². The summed E-state index contributed by atoms with van der Waals surface area (Å²) in [4.78, 5) is 20.5. The van der Waals surface area contributed by atoms with Gasteiger partial charge in [-0.15, -0.1) is 5.10 Å². The zero-order valence-corrected chi connectivity index (χ0v) is 10.0. The summed E-state index contributed by atoms with van der Waals surface area (Å²) in [6.07, 6.45) is 2.33. The first-order valence-electron chi connectivity index (χ1n) is 6.14. The lowest BCUT2D eigenvalue weighted by Gasteiger charge is -2.31. The van der Waals surface area contributed by atoms with Gasteiger partial charge in [-0.1, -0.05) is 0 Å². The van der Waals surface area contributed by atoms with Crippen molar-refractivity contribution >= 4 is 5.91 Å². The number of hydrogen-bond donors (Lipinski definition) is 1. The van der Waals surface area contributed by atoms with Crippen LogP contribution in [0.25, 0.3) is 0 Å². The first-order valence-corrected chi connectivity index (χ1v) is 6.14. The number of rotatable bonds is 2. The van der Waals surface area contributed by atoms with Gasteiger partial charge >= 0.3 is 0 Å². The van der Waals surface area contributed by atoms with E-state index >= 15 is 0 Å². The Balaban J connectivity index is 1.67. The highest BCUT2D eigenvalue weighted by atomic mass is 16.2. The lowest BCUT2D eigenvalue weighted by molar-refractivity contribution is 0.0652. The molecule has 2 fully saturated rings. The lowest BCUT2D eigenvalue weighted by atomic mass is 10.3. The van der Waals surface area contributed by atoms with Gasteiger partial charge in [-0.25, -0.2) is 4.98 Å². The molecule has 1 N–H and O–H groups in total. The molecule has 1 aliphatic heterocycles. The first kappa shape index (κ1) is 10.7. The molecule has 0 spiro atoms. The van der Waals surface area contributed by atoms with Crippen LogP contribution >= 0.6 is 0 Å². The van der Waals surface area contributed by atoms with E-state index in [-0.39, 0.29) is 5.91 Å². The fraction of sp³-hybridized carbons (Fsp3) is 0.727. The Morgan fingerprint density at radius 3 is 2.65 bits per heavy atom. The van der Waals surface area contributed by atoms with Crippen molar-refractivity contribution in [1.82, 2.24) is 25.0 Å². The molecule has 3 rings (SSSR count). The Morgan fingerprint density at radius 1 is 1.29 bits per heavy atom. The third kappa shape index (κ3) is 2.17. The topological polar surface area (TPSA) is 65.1 Å². The Bertz CT molecular complexity index is 417. The van der Waals surface area contributed by atoms with E-state index in [1.165, 1.54) is 0 Å². The van der Waals surface area contributed by atoms with Gasteiger partial charge in [-0.2, -0.15) is 0 Å². The second-order valence-corrected chi connectivity index (χ2v) is 4.91. The van der Waals surface area contributed by atoms with E-state index in [2.05, 4.69) is 27.1 Å². The van der Waals surface area contributed by atoms with Crippen LogP contribution < -0.4 is 0 Å². The maximum Gasteiger partial charge on any atom is 0.293 e. The number of hydrogen-bond acceptors (Lipinski definition) is 4. The van der Waals surface area contributed by atoms with Crippen molar-refractivity contribution in [3.8, 4) is 0 Å². The third-order valence-electron chi connectivity index (χ3n) is 3.45. The van der Waals surface area contributed by atoms with E-state index in [1.807, 2.05) is 4.90 Å². The number of H-pyrrole nitrogens is 1. The largest absolute Gasteiger partial charge is 0.333 e. The highest BCUT2D eigenvalue weighted by Gasteiger charge is 2.29. The number of amides is 1. The minimum absolute atomic E-state index is 0.0405. The van der Waals surface area contributed by atoms with Crippen LogP contribution in [-0.4, -0.2) is 64.1 Å². The molecule has 1 saturated carbocycles. The zero-order chi connectivity index (χ0) is 11.8. The molecule has 6 heteroatoms. The molecule has 0 radical (unpaired) electrons. The molecule has 1 amide bonds. The number of carbonyl (C=O) groups excluding carboxylic acids is 1. The predicted octanol–water partition coefficient (Wildman–Crippen LogP) is 0.0697. The van der Waals surface area contributed by atoms with Gasteiger partial charge in [0.1, 0.15) is 5.82 Å². The van der Waals surface area contributed by atoms with Crippen LogP contribution in [0, 0.1) is 0 Å². The van der Waals surface area contributed by atoms with Gasteiger partial charge in [0.15, 0.2) is 0 Å². The van der Waals surface area contributed by atoms with Crippen LogP contribution in [0.2, 0.25) is 0 Å². The molecule has 2 heterocycles. The Labute approximate surface area is 100 Å². The molecule has 0 bridgehead atoms. The van der Waals surface area contributed by atoms with E-state index in [4.69, 9.17) is 0 Å². The highest BCUT2D eigenvalue weighted by Crippen LogP contribution is 2.37. The molecule has 1 aromatic rings. The number of likely N-dealkylation sites (N-methyl/N-ethyl adjacent to an activating group) is 1. The van der Waals surface area contributed by atoms with Crippen molar-refractivity contribution in [2.24, 2.45) is 0 Å². The van der Waals surface area contributed by atoms with Crippen molar-refractivity contribution in [1.29, 1.82) is 0 Å². The van der Waals surface area contributed by atoms with Crippen LogP contribution in [0.15, 0.2) is 0 Å². The Hall–Kier alpha value is -1.43. The molecule has 0 aromatic carbocycles. The molecule has 17 heavy (non-hydrogen) atoms. The van der Waals surface area contributed by atoms with Gasteiger partial charge in [0.2, 0.25) is 5.82 Å². The summed E-state index contributed by atoms with van der Waals surface area (Å²) in [5, 5.41) is 6.91. The molecule has 1 aliphatic carbocycles. The molecular formula is C11H17N5O. The second kappa shape index (κ2) is 4.10. The fourth-order valence-corrected chi connectivity index (χ4v) is 2.06. The van der Waals surface area contributed by atoms with Crippen molar-refractivity contribution in [3.63, 3.8) is 0 Å². The minimum atomic E-state index is -0.0405. The van der Waals surface area contributed by atoms with Gasteiger partial charge in [-0.05, 0) is 19.9 Å². The molecule has 6 nitrogen and oxygen atoms in total. The third-order valence-corrected chi connectivity index (χ3v) is 3.45. The monoisotopic (exact) mass is 235 g/mol. The summed E-state index contributed by atoms with van der Waals surface area (Å²) in [6.45, 7) is 3.38. The Kier molecular flexibility index (Phi) is 2.58. The van der Waals surface area contributed by atoms with Crippen molar-refractivity contribution < 1.29 is 4.79 Å². The van der Waals surface area contributed by atoms with Gasteiger partial charge in [-0.3, -0.25) is 9.89 Å². The number of piperazine rings is 1. The van der Waals surface area contributed by atoms with Crippen LogP contribution in [0.5, 0.6) is 0 Å². The highest BCUT2D eigenvalue weighted by molar-refractivity contribution is 5.90. The average molecular weight is 235 g/mol. The molecule has 1 aromatic heterocycles. The summed E-state index contributed by atoms with van der Waals surface area (Å²) < 4.78 is 0. The summed E-state index contributed by atoms with van der Waals surface area (Å²) in [7, 11) is 2.07. The van der Waals surface area contributed by atoms with Gasteiger partial charge in [0.05, 0.1) is 0 Å². The smallest absolute Gasteiger partial charge is 0.293 e. The number of nitrogens with one attached hydrogen (secondary N) is 1. The first-order chi connectivity index (χ1) is 8.24. The lowest BCUT2D eigenvalue weighted by Crippen LogP contribution is -2.47. The van der Waals surface area contributed by atoms with E-state index < -0.39 is 0 Å². The maximum absolute atomic E-state index is 12.1. The average Bonchev–Trinajstić information content (AvgIpc) is 3.07. The molecule has 92 valence electrons. The quantitative estimate of drug-likeness (QED) is 0.788. The Morgan fingerprint density at radius 2 is 2.00 bits per heavy atom. The normalized spacial score (nSPS) is 21.8. The van der Waals surface area contributed by atoms with Gasteiger partial charge in [0, 0.05) is 32.1 Å². The zero-order valence-electron chi connectivity index (χ0n) is 10.0. The van der Waals surface area contributed by atoms with E-state index in [0.29, 0.717) is 11.7 Å². The van der Waals surface area contributed by atoms with E-state index in [0.717, 1.165) is 44.8 Å². The second-order valence-electron chi connectivity index (χ2n) is 4.91. The predicted molar refractivity (Wildman–Crippen MR) is 61.8 cm³/mol. The number of nitrogens with zero attached hydrogens (tertiary/aromatic N) is 4. The fourth-order valence-electron chi connectivity index (χ4n) is 2.06. The molecule has 0 unspecified atom stereocenters. The van der Waals surface area contributed by atoms with Gasteiger partial charge in [0.25, 0.3) is 5.91 Å². The molecule has 1 saturated heterocycles.